The van der Waals surface area contributed by atoms with Crippen molar-refractivity contribution in [2.45, 2.75) is 44.3 Å². The first-order chi connectivity index (χ1) is 9.83. The van der Waals surface area contributed by atoms with Crippen molar-refractivity contribution < 1.29 is 18.0 Å². The van der Waals surface area contributed by atoms with Gasteiger partial charge in [-0.2, -0.15) is 13.2 Å². The smallest absolute Gasteiger partial charge is 0.327 e. The molecule has 0 spiro atoms. The van der Waals surface area contributed by atoms with E-state index < -0.39 is 12.6 Å². The van der Waals surface area contributed by atoms with Gasteiger partial charge in [-0.1, -0.05) is 18.6 Å². The van der Waals surface area contributed by atoms with E-state index in [0.29, 0.717) is 12.1 Å². The molecule has 0 aliphatic heterocycles. The Morgan fingerprint density at radius 2 is 2.05 bits per heavy atom. The lowest BCUT2D eigenvalue weighted by Gasteiger charge is -2.15. The summed E-state index contributed by atoms with van der Waals surface area (Å²) in [5.74, 6) is -0.0233. The highest BCUT2D eigenvalue weighted by atomic mass is 35.5. The van der Waals surface area contributed by atoms with Gasteiger partial charge in [-0.05, 0) is 36.5 Å². The molecule has 7 heteroatoms. The first kappa shape index (κ1) is 18.8. The number of alkyl halides is 3. The Morgan fingerprint density at radius 1 is 1.32 bits per heavy atom. The maximum atomic E-state index is 12.3. The van der Waals surface area contributed by atoms with Gasteiger partial charge in [0.05, 0.1) is 6.42 Å². The van der Waals surface area contributed by atoms with Crippen molar-refractivity contribution in [1.82, 2.24) is 0 Å². The Balaban J connectivity index is 0.00000242. The van der Waals surface area contributed by atoms with Crippen molar-refractivity contribution in [2.75, 3.05) is 5.32 Å². The van der Waals surface area contributed by atoms with Crippen molar-refractivity contribution >= 4 is 24.0 Å². The summed E-state index contributed by atoms with van der Waals surface area (Å²) in [6.45, 7) is 0. The number of carbonyl (C=O) groups is 1. The highest BCUT2D eigenvalue weighted by Gasteiger charge is 2.28. The first-order valence-electron chi connectivity index (χ1n) is 7.04. The number of hydrogen-bond acceptors (Lipinski definition) is 2. The lowest BCUT2D eigenvalue weighted by molar-refractivity contribution is -0.127. The van der Waals surface area contributed by atoms with Crippen molar-refractivity contribution in [1.29, 1.82) is 0 Å². The molecule has 0 radical (unpaired) electrons. The van der Waals surface area contributed by atoms with E-state index in [1.165, 1.54) is 18.2 Å². The number of nitrogens with two attached hydrogens (primary N) is 1. The van der Waals surface area contributed by atoms with Crippen LogP contribution in [0.25, 0.3) is 0 Å². The zero-order chi connectivity index (χ0) is 15.5. The van der Waals surface area contributed by atoms with Crippen LogP contribution in [-0.2, 0) is 11.2 Å². The van der Waals surface area contributed by atoms with Crippen molar-refractivity contribution in [2.24, 2.45) is 11.7 Å². The van der Waals surface area contributed by atoms with Crippen molar-refractivity contribution in [3.05, 3.63) is 29.8 Å². The van der Waals surface area contributed by atoms with E-state index in [-0.39, 0.29) is 35.8 Å². The van der Waals surface area contributed by atoms with E-state index >= 15 is 0 Å². The van der Waals surface area contributed by atoms with Crippen molar-refractivity contribution in [3.8, 4) is 0 Å². The Morgan fingerprint density at radius 3 is 2.64 bits per heavy atom. The summed E-state index contributed by atoms with van der Waals surface area (Å²) in [6, 6.07) is 5.91. The molecule has 1 aromatic rings. The highest BCUT2D eigenvalue weighted by molar-refractivity contribution is 5.91. The summed E-state index contributed by atoms with van der Waals surface area (Å²) in [6.07, 6.45) is -2.03. The molecule has 3 nitrogen and oxygen atoms in total. The molecule has 0 saturated heterocycles. The maximum Gasteiger partial charge on any atom is 0.393 e. The predicted molar refractivity (Wildman–Crippen MR) is 82.0 cm³/mol. The minimum absolute atomic E-state index is 0. The Labute approximate surface area is 133 Å². The molecule has 124 valence electrons. The van der Waals surface area contributed by atoms with Crippen LogP contribution in [0.1, 0.15) is 31.2 Å². The zero-order valence-electron chi connectivity index (χ0n) is 12.0. The second kappa shape index (κ2) is 7.83. The molecule has 0 aromatic heterocycles. The van der Waals surface area contributed by atoms with Gasteiger partial charge in [-0.3, -0.25) is 4.79 Å². The van der Waals surface area contributed by atoms with E-state index in [1.807, 2.05) is 0 Å². The van der Waals surface area contributed by atoms with E-state index in [9.17, 15) is 18.0 Å². The van der Waals surface area contributed by atoms with Gasteiger partial charge in [0.2, 0.25) is 5.91 Å². The third-order valence-electron chi connectivity index (χ3n) is 3.78. The molecule has 0 unspecified atom stereocenters. The van der Waals surface area contributed by atoms with E-state index in [0.717, 1.165) is 19.3 Å². The Hall–Kier alpha value is -1.27. The van der Waals surface area contributed by atoms with Crippen LogP contribution < -0.4 is 11.1 Å². The second-order valence-corrected chi connectivity index (χ2v) is 5.60. The molecule has 1 amide bonds. The third kappa shape index (κ3) is 5.85. The molecule has 0 bridgehead atoms. The average Bonchev–Trinajstić information content (AvgIpc) is 2.73. The van der Waals surface area contributed by atoms with Crippen LogP contribution in [0.5, 0.6) is 0 Å². The van der Waals surface area contributed by atoms with Crippen LogP contribution in [0.15, 0.2) is 24.3 Å². The number of nitrogens with one attached hydrogen (secondary N) is 1. The molecule has 0 heterocycles. The van der Waals surface area contributed by atoms with Gasteiger partial charge in [-0.15, -0.1) is 12.4 Å². The summed E-state index contributed by atoms with van der Waals surface area (Å²) in [7, 11) is 0. The molecule has 2 atom stereocenters. The number of anilines is 1. The minimum Gasteiger partial charge on any atom is -0.327 e. The molecule has 1 aliphatic rings. The SMILES string of the molecule is Cl.N[C@@H]1CCC[C@H]1CC(=O)Nc1cccc(CC(F)(F)F)c1. The molecular weight excluding hydrogens is 317 g/mol. The summed E-state index contributed by atoms with van der Waals surface area (Å²) in [4.78, 5) is 11.9. The largest absolute Gasteiger partial charge is 0.393 e. The molecular formula is C15H20ClF3N2O. The van der Waals surface area contributed by atoms with Gasteiger partial charge in [0.15, 0.2) is 0 Å². The van der Waals surface area contributed by atoms with Crippen LogP contribution in [0, 0.1) is 5.92 Å². The van der Waals surface area contributed by atoms with Crippen molar-refractivity contribution in [3.63, 3.8) is 0 Å². The lowest BCUT2D eigenvalue weighted by Crippen LogP contribution is -2.28. The van der Waals surface area contributed by atoms with Crippen LogP contribution in [-0.4, -0.2) is 18.1 Å². The average molecular weight is 337 g/mol. The van der Waals surface area contributed by atoms with Crippen LogP contribution >= 0.6 is 12.4 Å². The summed E-state index contributed by atoms with van der Waals surface area (Å²) < 4.78 is 37.0. The third-order valence-corrected chi connectivity index (χ3v) is 3.78. The van der Waals surface area contributed by atoms with Crippen LogP contribution in [0.2, 0.25) is 0 Å². The number of rotatable bonds is 4. The van der Waals surface area contributed by atoms with Gasteiger partial charge in [0.1, 0.15) is 0 Å². The highest BCUT2D eigenvalue weighted by Crippen LogP contribution is 2.27. The normalized spacial score (nSPS) is 21.3. The second-order valence-electron chi connectivity index (χ2n) is 5.60. The molecule has 1 aromatic carbocycles. The number of halogens is 4. The summed E-state index contributed by atoms with van der Waals surface area (Å²) >= 11 is 0. The fourth-order valence-corrected chi connectivity index (χ4v) is 2.76. The quantitative estimate of drug-likeness (QED) is 0.881. The van der Waals surface area contributed by atoms with Gasteiger partial charge < -0.3 is 11.1 Å². The first-order valence-corrected chi connectivity index (χ1v) is 7.04. The maximum absolute atomic E-state index is 12.3. The fourth-order valence-electron chi connectivity index (χ4n) is 2.76. The molecule has 2 rings (SSSR count). The van der Waals surface area contributed by atoms with Gasteiger partial charge in [0, 0.05) is 18.2 Å². The number of benzene rings is 1. The molecule has 3 N–H and O–H groups in total. The van der Waals surface area contributed by atoms with E-state index in [4.69, 9.17) is 5.73 Å². The lowest BCUT2D eigenvalue weighted by atomic mass is 10.00. The summed E-state index contributed by atoms with van der Waals surface area (Å²) in [5, 5.41) is 2.65. The van der Waals surface area contributed by atoms with Gasteiger partial charge in [-0.25, -0.2) is 0 Å². The number of carbonyl (C=O) groups excluding carboxylic acids is 1. The Bertz CT molecular complexity index is 508. The number of hydrogen-bond donors (Lipinski definition) is 2. The molecule has 1 aliphatic carbocycles. The monoisotopic (exact) mass is 336 g/mol. The Kier molecular flexibility index (Phi) is 6.68. The van der Waals surface area contributed by atoms with E-state index in [1.54, 1.807) is 6.07 Å². The zero-order valence-corrected chi connectivity index (χ0v) is 12.8. The molecule has 1 fully saturated rings. The molecule has 22 heavy (non-hydrogen) atoms. The van der Waals surface area contributed by atoms with Crippen LogP contribution in [0.4, 0.5) is 18.9 Å². The number of amides is 1. The predicted octanol–water partition coefficient (Wildman–Crippen LogP) is 3.67. The summed E-state index contributed by atoms with van der Waals surface area (Å²) in [5.41, 5.74) is 6.44. The minimum atomic E-state index is -4.25. The fraction of sp³-hybridized carbons (Fsp3) is 0.533. The standard InChI is InChI=1S/C15H19F3N2O.ClH/c16-15(17,18)9-10-3-1-5-12(7-10)20-14(21)8-11-4-2-6-13(11)19;/h1,3,5,7,11,13H,2,4,6,8-9,19H2,(H,20,21);1H/t11-,13+;/m0./s1. The molecule has 1 saturated carbocycles. The van der Waals surface area contributed by atoms with Gasteiger partial charge in [0.25, 0.3) is 0 Å². The van der Waals surface area contributed by atoms with E-state index in [2.05, 4.69) is 5.32 Å². The van der Waals surface area contributed by atoms with Gasteiger partial charge >= 0.3 is 6.18 Å². The van der Waals surface area contributed by atoms with Crippen LogP contribution in [0.3, 0.4) is 0 Å². The topological polar surface area (TPSA) is 55.1 Å².